The number of nitrogens with zero attached hydrogens (tertiary/aromatic N) is 1. The van der Waals surface area contributed by atoms with Gasteiger partial charge in [0.1, 0.15) is 11.8 Å². The van der Waals surface area contributed by atoms with Crippen LogP contribution in [-0.2, 0) is 22.6 Å². The molecule has 0 spiro atoms. The van der Waals surface area contributed by atoms with Crippen molar-refractivity contribution in [1.29, 1.82) is 0 Å². The van der Waals surface area contributed by atoms with E-state index in [2.05, 4.69) is 12.2 Å². The summed E-state index contributed by atoms with van der Waals surface area (Å²) in [5.41, 5.74) is 2.08. The standard InChI is InChI=1S/C25H31ClN2O3/c1-3-19-11-13-23(14-12-19)31-17-24(29)28(16-20-7-6-8-21(26)15-20)18(2)25(30)27-22-9-4-5-10-22/h6-8,11-15,18,22H,3-5,9-10,16-17H2,1-2H3,(H,27,30)/t18-/m0/s1. The van der Waals surface area contributed by atoms with E-state index < -0.39 is 6.04 Å². The van der Waals surface area contributed by atoms with Crippen LogP contribution in [0.5, 0.6) is 5.75 Å². The van der Waals surface area contributed by atoms with Crippen molar-refractivity contribution < 1.29 is 14.3 Å². The van der Waals surface area contributed by atoms with E-state index >= 15 is 0 Å². The third-order valence-corrected chi connectivity index (χ3v) is 6.04. The van der Waals surface area contributed by atoms with Gasteiger partial charge in [-0.25, -0.2) is 0 Å². The van der Waals surface area contributed by atoms with Gasteiger partial charge in [0, 0.05) is 17.6 Å². The molecule has 1 aliphatic carbocycles. The third kappa shape index (κ3) is 6.73. The zero-order valence-electron chi connectivity index (χ0n) is 18.3. The molecular formula is C25H31ClN2O3. The number of hydrogen-bond donors (Lipinski definition) is 1. The topological polar surface area (TPSA) is 58.6 Å². The predicted octanol–water partition coefficient (Wildman–Crippen LogP) is 4.76. The normalized spacial score (nSPS) is 14.8. The molecule has 0 radical (unpaired) electrons. The quantitative estimate of drug-likeness (QED) is 0.609. The van der Waals surface area contributed by atoms with Crippen LogP contribution < -0.4 is 10.1 Å². The maximum absolute atomic E-state index is 13.1. The van der Waals surface area contributed by atoms with E-state index in [0.717, 1.165) is 37.7 Å². The van der Waals surface area contributed by atoms with E-state index in [1.165, 1.54) is 5.56 Å². The fraction of sp³-hybridized carbons (Fsp3) is 0.440. The molecule has 6 heteroatoms. The average Bonchev–Trinajstić information content (AvgIpc) is 3.28. The molecule has 31 heavy (non-hydrogen) atoms. The van der Waals surface area contributed by atoms with Crippen LogP contribution in [0.15, 0.2) is 48.5 Å². The number of ether oxygens (including phenoxy) is 1. The number of hydrogen-bond acceptors (Lipinski definition) is 3. The highest BCUT2D eigenvalue weighted by Crippen LogP contribution is 2.19. The van der Waals surface area contributed by atoms with Crippen LogP contribution in [-0.4, -0.2) is 35.4 Å². The first-order valence-corrected chi connectivity index (χ1v) is 11.4. The van der Waals surface area contributed by atoms with Gasteiger partial charge in [-0.3, -0.25) is 9.59 Å². The Kier molecular flexibility index (Phi) is 8.35. The minimum atomic E-state index is -0.613. The first-order valence-electron chi connectivity index (χ1n) is 11.0. The summed E-state index contributed by atoms with van der Waals surface area (Å²) < 4.78 is 5.72. The molecule has 0 heterocycles. The molecule has 1 aliphatic rings. The van der Waals surface area contributed by atoms with Gasteiger partial charge in [-0.15, -0.1) is 0 Å². The summed E-state index contributed by atoms with van der Waals surface area (Å²) >= 11 is 6.12. The Balaban J connectivity index is 1.69. The highest BCUT2D eigenvalue weighted by atomic mass is 35.5. The van der Waals surface area contributed by atoms with Crippen molar-refractivity contribution in [2.24, 2.45) is 0 Å². The fourth-order valence-electron chi connectivity index (χ4n) is 3.86. The van der Waals surface area contributed by atoms with Crippen molar-refractivity contribution >= 4 is 23.4 Å². The van der Waals surface area contributed by atoms with Crippen LogP contribution >= 0.6 is 11.6 Å². The molecule has 5 nitrogen and oxygen atoms in total. The van der Waals surface area contributed by atoms with Gasteiger partial charge < -0.3 is 15.0 Å². The molecule has 2 aromatic rings. The average molecular weight is 443 g/mol. The van der Waals surface area contributed by atoms with E-state index in [9.17, 15) is 9.59 Å². The van der Waals surface area contributed by atoms with Crippen LogP contribution in [0, 0.1) is 0 Å². The maximum Gasteiger partial charge on any atom is 0.261 e. The molecule has 0 unspecified atom stereocenters. The van der Waals surface area contributed by atoms with Gasteiger partial charge in [0.15, 0.2) is 6.61 Å². The molecule has 0 aliphatic heterocycles. The van der Waals surface area contributed by atoms with Gasteiger partial charge in [-0.05, 0) is 61.6 Å². The zero-order chi connectivity index (χ0) is 22.2. The van der Waals surface area contributed by atoms with Gasteiger partial charge in [-0.1, -0.05) is 55.6 Å². The Morgan fingerprint density at radius 3 is 2.48 bits per heavy atom. The summed E-state index contributed by atoms with van der Waals surface area (Å²) in [5.74, 6) is 0.263. The van der Waals surface area contributed by atoms with E-state index in [1.807, 2.05) is 42.5 Å². The number of rotatable bonds is 9. The molecule has 3 rings (SSSR count). The van der Waals surface area contributed by atoms with Crippen molar-refractivity contribution in [3.8, 4) is 5.75 Å². The minimum Gasteiger partial charge on any atom is -0.484 e. The first-order chi connectivity index (χ1) is 15.0. The predicted molar refractivity (Wildman–Crippen MR) is 123 cm³/mol. The molecule has 2 amide bonds. The smallest absolute Gasteiger partial charge is 0.261 e. The van der Waals surface area contributed by atoms with E-state index in [4.69, 9.17) is 16.3 Å². The third-order valence-electron chi connectivity index (χ3n) is 5.80. The molecule has 0 aromatic heterocycles. The van der Waals surface area contributed by atoms with Crippen LogP contribution in [0.2, 0.25) is 5.02 Å². The summed E-state index contributed by atoms with van der Waals surface area (Å²) in [5, 5.41) is 3.70. The van der Waals surface area contributed by atoms with Crippen molar-refractivity contribution in [2.45, 2.75) is 64.6 Å². The van der Waals surface area contributed by atoms with Gasteiger partial charge in [0.2, 0.25) is 5.91 Å². The lowest BCUT2D eigenvalue weighted by Gasteiger charge is -2.29. The maximum atomic E-state index is 13.1. The number of carbonyl (C=O) groups is 2. The summed E-state index contributed by atoms with van der Waals surface area (Å²) in [7, 11) is 0. The summed E-state index contributed by atoms with van der Waals surface area (Å²) in [6.45, 7) is 4.01. The highest BCUT2D eigenvalue weighted by molar-refractivity contribution is 6.30. The Morgan fingerprint density at radius 1 is 1.13 bits per heavy atom. The minimum absolute atomic E-state index is 0.130. The Morgan fingerprint density at radius 2 is 1.84 bits per heavy atom. The molecule has 0 saturated heterocycles. The second kappa shape index (κ2) is 11.2. The number of amides is 2. The molecule has 1 N–H and O–H groups in total. The molecular weight excluding hydrogens is 412 g/mol. The second-order valence-electron chi connectivity index (χ2n) is 8.10. The number of aryl methyl sites for hydroxylation is 1. The number of halogens is 1. The van der Waals surface area contributed by atoms with Gasteiger partial charge >= 0.3 is 0 Å². The largest absolute Gasteiger partial charge is 0.484 e. The second-order valence-corrected chi connectivity index (χ2v) is 8.54. The van der Waals surface area contributed by atoms with Crippen molar-refractivity contribution in [3.63, 3.8) is 0 Å². The van der Waals surface area contributed by atoms with Crippen LogP contribution in [0.1, 0.15) is 50.7 Å². The number of nitrogens with one attached hydrogen (secondary N) is 1. The monoisotopic (exact) mass is 442 g/mol. The first kappa shape index (κ1) is 23.1. The molecule has 1 fully saturated rings. The Bertz CT molecular complexity index is 879. The van der Waals surface area contributed by atoms with E-state index in [-0.39, 0.29) is 31.0 Å². The van der Waals surface area contributed by atoms with Crippen LogP contribution in [0.25, 0.3) is 0 Å². The Labute approximate surface area is 189 Å². The Hall–Kier alpha value is -2.53. The highest BCUT2D eigenvalue weighted by Gasteiger charge is 2.28. The number of benzene rings is 2. The SMILES string of the molecule is CCc1ccc(OCC(=O)N(Cc2cccc(Cl)c2)[C@@H](C)C(=O)NC2CCCC2)cc1. The summed E-state index contributed by atoms with van der Waals surface area (Å²) in [4.78, 5) is 27.5. The zero-order valence-corrected chi connectivity index (χ0v) is 19.0. The fourth-order valence-corrected chi connectivity index (χ4v) is 4.07. The van der Waals surface area contributed by atoms with Crippen molar-refractivity contribution in [1.82, 2.24) is 10.2 Å². The van der Waals surface area contributed by atoms with Gasteiger partial charge in [0.05, 0.1) is 0 Å². The lowest BCUT2D eigenvalue weighted by Crippen LogP contribution is -2.50. The number of carbonyl (C=O) groups excluding carboxylic acids is 2. The molecule has 1 atom stereocenters. The molecule has 0 bridgehead atoms. The molecule has 166 valence electrons. The van der Waals surface area contributed by atoms with Crippen LogP contribution in [0.3, 0.4) is 0 Å². The van der Waals surface area contributed by atoms with Crippen LogP contribution in [0.4, 0.5) is 0 Å². The van der Waals surface area contributed by atoms with Crippen molar-refractivity contribution in [3.05, 3.63) is 64.7 Å². The lowest BCUT2D eigenvalue weighted by atomic mass is 10.1. The summed E-state index contributed by atoms with van der Waals surface area (Å²) in [6, 6.07) is 14.6. The van der Waals surface area contributed by atoms with Crippen molar-refractivity contribution in [2.75, 3.05) is 6.61 Å². The van der Waals surface area contributed by atoms with Gasteiger partial charge in [0.25, 0.3) is 5.91 Å². The molecule has 2 aromatic carbocycles. The lowest BCUT2D eigenvalue weighted by molar-refractivity contribution is -0.142. The van der Waals surface area contributed by atoms with Gasteiger partial charge in [-0.2, -0.15) is 0 Å². The van der Waals surface area contributed by atoms with E-state index in [1.54, 1.807) is 17.9 Å². The molecule has 1 saturated carbocycles. The summed E-state index contributed by atoms with van der Waals surface area (Å²) in [6.07, 6.45) is 5.21. The van der Waals surface area contributed by atoms with E-state index in [0.29, 0.717) is 10.8 Å².